The van der Waals surface area contributed by atoms with Gasteiger partial charge in [-0.1, -0.05) is 0 Å². The highest BCUT2D eigenvalue weighted by Crippen LogP contribution is 2.35. The van der Waals surface area contributed by atoms with Crippen LogP contribution in [0.25, 0.3) is 0 Å². The van der Waals surface area contributed by atoms with Crippen LogP contribution in [0.4, 0.5) is 10.7 Å². The second-order valence-corrected chi connectivity index (χ2v) is 6.10. The number of hydrogen-bond acceptors (Lipinski definition) is 6. The van der Waals surface area contributed by atoms with Gasteiger partial charge in [0.05, 0.1) is 11.3 Å². The van der Waals surface area contributed by atoms with Crippen molar-refractivity contribution in [2.24, 2.45) is 5.73 Å². The first kappa shape index (κ1) is 14.6. The van der Waals surface area contributed by atoms with Gasteiger partial charge in [0.2, 0.25) is 0 Å². The second kappa shape index (κ2) is 6.11. The Morgan fingerprint density at radius 2 is 2.20 bits per heavy atom. The molecule has 0 aliphatic carbocycles. The minimum absolute atomic E-state index is 0.163. The molecule has 2 heterocycles. The highest BCUT2D eigenvalue weighted by Gasteiger charge is 2.22. The lowest BCUT2D eigenvalue weighted by Crippen LogP contribution is -2.33. The fraction of sp³-hybridized carbons (Fsp3) is 0.538. The Morgan fingerprint density at radius 3 is 2.75 bits per heavy atom. The van der Waals surface area contributed by atoms with Crippen molar-refractivity contribution >= 4 is 27.9 Å². The number of nitrogens with two attached hydrogens (primary N) is 2. The minimum Gasteiger partial charge on any atom is -0.396 e. The SMILES string of the molecule is CC(CN1CCCC1)Nc1sc(C#N)c(N)c1C(N)=O. The molecule has 0 spiro atoms. The van der Waals surface area contributed by atoms with Gasteiger partial charge in [-0.2, -0.15) is 5.26 Å². The lowest BCUT2D eigenvalue weighted by molar-refractivity contribution is 0.100. The van der Waals surface area contributed by atoms with E-state index in [4.69, 9.17) is 16.7 Å². The number of hydrogen-bond donors (Lipinski definition) is 3. The third-order valence-corrected chi connectivity index (χ3v) is 4.44. The molecule has 1 unspecified atom stereocenters. The number of carbonyl (C=O) groups is 1. The molecule has 1 saturated heterocycles. The zero-order valence-corrected chi connectivity index (χ0v) is 12.3. The molecule has 1 atom stereocenters. The lowest BCUT2D eigenvalue weighted by atomic mass is 10.2. The standard InChI is InChI=1S/C13H19N5OS/c1-8(7-18-4-2-3-5-18)17-13-10(12(16)19)11(15)9(6-14)20-13/h8,17H,2-5,7,15H2,1H3,(H2,16,19). The van der Waals surface area contributed by atoms with Gasteiger partial charge in [0, 0.05) is 12.6 Å². The van der Waals surface area contributed by atoms with E-state index >= 15 is 0 Å². The summed E-state index contributed by atoms with van der Waals surface area (Å²) in [5.41, 5.74) is 11.6. The predicted octanol–water partition coefficient (Wildman–Crippen LogP) is 1.20. The Kier molecular flexibility index (Phi) is 4.47. The molecule has 1 aliphatic heterocycles. The van der Waals surface area contributed by atoms with Crippen LogP contribution in [-0.2, 0) is 0 Å². The molecule has 5 N–H and O–H groups in total. The van der Waals surface area contributed by atoms with Crippen LogP contribution in [0.5, 0.6) is 0 Å². The zero-order valence-electron chi connectivity index (χ0n) is 11.5. The van der Waals surface area contributed by atoms with Crippen LogP contribution in [0.2, 0.25) is 0 Å². The normalized spacial score (nSPS) is 16.8. The average molecular weight is 293 g/mol. The van der Waals surface area contributed by atoms with Crippen LogP contribution < -0.4 is 16.8 Å². The summed E-state index contributed by atoms with van der Waals surface area (Å²) in [7, 11) is 0. The summed E-state index contributed by atoms with van der Waals surface area (Å²) in [6.07, 6.45) is 2.48. The minimum atomic E-state index is -0.601. The van der Waals surface area contributed by atoms with Gasteiger partial charge in [0.1, 0.15) is 15.9 Å². The molecular formula is C13H19N5OS. The Hall–Kier alpha value is -1.78. The Balaban J connectivity index is 2.11. The molecule has 6 nitrogen and oxygen atoms in total. The van der Waals surface area contributed by atoms with E-state index in [1.165, 1.54) is 24.2 Å². The molecule has 1 aliphatic rings. The van der Waals surface area contributed by atoms with E-state index in [0.29, 0.717) is 9.88 Å². The highest BCUT2D eigenvalue weighted by atomic mass is 32.1. The summed E-state index contributed by atoms with van der Waals surface area (Å²) in [6, 6.07) is 2.16. The van der Waals surface area contributed by atoms with Crippen LogP contribution in [0.15, 0.2) is 0 Å². The van der Waals surface area contributed by atoms with Crippen LogP contribution in [-0.4, -0.2) is 36.5 Å². The Bertz CT molecular complexity index is 542. The largest absolute Gasteiger partial charge is 0.396 e. The second-order valence-electron chi connectivity index (χ2n) is 5.08. The number of primary amides is 1. The smallest absolute Gasteiger partial charge is 0.253 e. The maximum Gasteiger partial charge on any atom is 0.253 e. The average Bonchev–Trinajstić information content (AvgIpc) is 2.97. The van der Waals surface area contributed by atoms with Crippen LogP contribution in [0.3, 0.4) is 0 Å². The molecule has 0 radical (unpaired) electrons. The highest BCUT2D eigenvalue weighted by molar-refractivity contribution is 7.17. The lowest BCUT2D eigenvalue weighted by Gasteiger charge is -2.21. The first-order valence-corrected chi connectivity index (χ1v) is 7.45. The number of carbonyl (C=O) groups excluding carboxylic acids is 1. The molecule has 20 heavy (non-hydrogen) atoms. The summed E-state index contributed by atoms with van der Waals surface area (Å²) >= 11 is 1.18. The Morgan fingerprint density at radius 1 is 1.55 bits per heavy atom. The number of amides is 1. The van der Waals surface area contributed by atoms with Gasteiger partial charge < -0.3 is 21.7 Å². The molecule has 0 saturated carbocycles. The van der Waals surface area contributed by atoms with Crippen molar-refractivity contribution in [3.05, 3.63) is 10.4 Å². The van der Waals surface area contributed by atoms with Crippen LogP contribution in [0.1, 0.15) is 35.0 Å². The number of nitrogens with zero attached hydrogens (tertiary/aromatic N) is 2. The van der Waals surface area contributed by atoms with Crippen molar-refractivity contribution in [1.29, 1.82) is 5.26 Å². The van der Waals surface area contributed by atoms with Gasteiger partial charge in [-0.15, -0.1) is 11.3 Å². The number of thiophene rings is 1. The molecule has 1 aromatic rings. The molecule has 1 aromatic heterocycles. The van der Waals surface area contributed by atoms with Gasteiger partial charge in [0.15, 0.2) is 0 Å². The van der Waals surface area contributed by atoms with Crippen molar-refractivity contribution in [3.8, 4) is 6.07 Å². The van der Waals surface area contributed by atoms with Gasteiger partial charge in [0.25, 0.3) is 5.91 Å². The molecule has 108 valence electrons. The van der Waals surface area contributed by atoms with Crippen molar-refractivity contribution in [2.45, 2.75) is 25.8 Å². The fourth-order valence-corrected chi connectivity index (χ4v) is 3.53. The van der Waals surface area contributed by atoms with Crippen LogP contribution in [0, 0.1) is 11.3 Å². The topological polar surface area (TPSA) is 108 Å². The third-order valence-electron chi connectivity index (χ3n) is 3.40. The number of nitrogen functional groups attached to an aromatic ring is 1. The van der Waals surface area contributed by atoms with E-state index in [2.05, 4.69) is 10.2 Å². The number of anilines is 2. The third kappa shape index (κ3) is 3.03. The summed E-state index contributed by atoms with van der Waals surface area (Å²) in [6.45, 7) is 5.18. The monoisotopic (exact) mass is 293 g/mol. The molecule has 1 amide bonds. The molecular weight excluding hydrogens is 274 g/mol. The molecule has 1 fully saturated rings. The molecule has 2 rings (SSSR count). The maximum absolute atomic E-state index is 11.5. The van der Waals surface area contributed by atoms with Crippen molar-refractivity contribution in [2.75, 3.05) is 30.7 Å². The zero-order chi connectivity index (χ0) is 14.7. The van der Waals surface area contributed by atoms with Gasteiger partial charge >= 0.3 is 0 Å². The van der Waals surface area contributed by atoms with Crippen molar-refractivity contribution < 1.29 is 4.79 Å². The predicted molar refractivity (Wildman–Crippen MR) is 80.7 cm³/mol. The van der Waals surface area contributed by atoms with Gasteiger partial charge in [-0.3, -0.25) is 4.79 Å². The number of nitriles is 1. The number of rotatable bonds is 5. The van der Waals surface area contributed by atoms with Gasteiger partial charge in [-0.25, -0.2) is 0 Å². The van der Waals surface area contributed by atoms with E-state index in [1.807, 2.05) is 13.0 Å². The summed E-state index contributed by atoms with van der Waals surface area (Å²) in [5.74, 6) is -0.601. The van der Waals surface area contributed by atoms with E-state index in [9.17, 15) is 4.79 Å². The maximum atomic E-state index is 11.5. The summed E-state index contributed by atoms with van der Waals surface area (Å²) in [4.78, 5) is 14.2. The number of likely N-dealkylation sites (tertiary alicyclic amines) is 1. The number of nitrogens with one attached hydrogen (secondary N) is 1. The van der Waals surface area contributed by atoms with E-state index < -0.39 is 5.91 Å². The van der Waals surface area contributed by atoms with Crippen molar-refractivity contribution in [3.63, 3.8) is 0 Å². The molecule has 7 heteroatoms. The van der Waals surface area contributed by atoms with Gasteiger partial charge in [-0.05, 0) is 32.9 Å². The summed E-state index contributed by atoms with van der Waals surface area (Å²) in [5, 5.41) is 12.8. The van der Waals surface area contributed by atoms with E-state index in [0.717, 1.165) is 19.6 Å². The van der Waals surface area contributed by atoms with Crippen molar-refractivity contribution in [1.82, 2.24) is 4.90 Å². The quantitative estimate of drug-likeness (QED) is 0.756. The van der Waals surface area contributed by atoms with E-state index in [-0.39, 0.29) is 17.3 Å². The fourth-order valence-electron chi connectivity index (χ4n) is 2.50. The molecule has 0 bridgehead atoms. The first-order chi connectivity index (χ1) is 9.52. The first-order valence-electron chi connectivity index (χ1n) is 6.64. The summed E-state index contributed by atoms with van der Waals surface area (Å²) < 4.78 is 0. The van der Waals surface area contributed by atoms with Crippen LogP contribution >= 0.6 is 11.3 Å². The Labute approximate surface area is 122 Å². The molecule has 0 aromatic carbocycles. The van der Waals surface area contributed by atoms with E-state index in [1.54, 1.807) is 0 Å².